The molecule has 210 valence electrons. The van der Waals surface area contributed by atoms with Crippen LogP contribution in [0.3, 0.4) is 0 Å². The van der Waals surface area contributed by atoms with E-state index in [1.165, 1.54) is 0 Å². The molecule has 9 heteroatoms. The van der Waals surface area contributed by atoms with Crippen molar-refractivity contribution in [2.45, 2.75) is 78.0 Å². The number of anilines is 2. The predicted molar refractivity (Wildman–Crippen MR) is 150 cm³/mol. The SMILES string of the molecule is CN(C(=O)C1CC1)c1ccc(C[C@H](NC(=O)OC(C)(C)C)C(=O)Nc2ccc(C(=O)OC(C)(C)C)cc2)cc1. The largest absolute Gasteiger partial charge is 0.456 e. The highest BCUT2D eigenvalue weighted by Crippen LogP contribution is 2.32. The molecule has 9 nitrogen and oxygen atoms in total. The lowest BCUT2D eigenvalue weighted by Gasteiger charge is -2.24. The number of carbonyl (C=O) groups is 4. The average molecular weight is 538 g/mol. The Bertz CT molecular complexity index is 1190. The first-order valence-electron chi connectivity index (χ1n) is 13.1. The van der Waals surface area contributed by atoms with Crippen molar-refractivity contribution < 1.29 is 28.7 Å². The van der Waals surface area contributed by atoms with Gasteiger partial charge in [-0.25, -0.2) is 9.59 Å². The Kier molecular flexibility index (Phi) is 9.04. The van der Waals surface area contributed by atoms with Crippen LogP contribution >= 0.6 is 0 Å². The zero-order chi connectivity index (χ0) is 29.0. The molecule has 0 saturated heterocycles. The Hall–Kier alpha value is -3.88. The van der Waals surface area contributed by atoms with Crippen LogP contribution in [0.25, 0.3) is 0 Å². The van der Waals surface area contributed by atoms with Crippen molar-refractivity contribution in [3.8, 4) is 0 Å². The number of amides is 3. The molecule has 0 spiro atoms. The van der Waals surface area contributed by atoms with E-state index in [1.54, 1.807) is 77.8 Å². The normalized spacial score (nSPS) is 14.1. The Morgan fingerprint density at radius 2 is 1.44 bits per heavy atom. The third-order valence-electron chi connectivity index (χ3n) is 5.82. The van der Waals surface area contributed by atoms with E-state index >= 15 is 0 Å². The summed E-state index contributed by atoms with van der Waals surface area (Å²) in [6.45, 7) is 10.6. The summed E-state index contributed by atoms with van der Waals surface area (Å²) in [6.07, 6.45) is 1.34. The minimum absolute atomic E-state index is 0.101. The van der Waals surface area contributed by atoms with E-state index in [9.17, 15) is 19.2 Å². The zero-order valence-electron chi connectivity index (χ0n) is 23.8. The van der Waals surface area contributed by atoms with Crippen molar-refractivity contribution in [2.24, 2.45) is 5.92 Å². The first-order chi connectivity index (χ1) is 18.1. The predicted octanol–water partition coefficient (Wildman–Crippen LogP) is 5.09. The molecule has 0 bridgehead atoms. The molecule has 1 aliphatic carbocycles. The molecule has 0 radical (unpaired) electrons. The number of nitrogens with one attached hydrogen (secondary N) is 2. The van der Waals surface area contributed by atoms with Gasteiger partial charge in [-0.1, -0.05) is 12.1 Å². The van der Waals surface area contributed by atoms with E-state index < -0.39 is 35.2 Å². The number of alkyl carbamates (subject to hydrolysis) is 1. The highest BCUT2D eigenvalue weighted by Gasteiger charge is 2.32. The maximum atomic E-state index is 13.2. The molecule has 0 heterocycles. The van der Waals surface area contributed by atoms with Crippen LogP contribution in [0.1, 0.15) is 70.3 Å². The minimum atomic E-state index is -0.943. The van der Waals surface area contributed by atoms with E-state index in [0.717, 1.165) is 24.1 Å². The number of carbonyl (C=O) groups excluding carboxylic acids is 4. The molecule has 1 saturated carbocycles. The van der Waals surface area contributed by atoms with Crippen LogP contribution in [0.5, 0.6) is 0 Å². The van der Waals surface area contributed by atoms with Gasteiger partial charge in [0.25, 0.3) is 0 Å². The molecule has 39 heavy (non-hydrogen) atoms. The molecule has 0 aliphatic heterocycles. The van der Waals surface area contributed by atoms with E-state index in [2.05, 4.69) is 10.6 Å². The molecule has 1 aliphatic rings. The summed E-state index contributed by atoms with van der Waals surface area (Å²) in [4.78, 5) is 52.1. The maximum Gasteiger partial charge on any atom is 0.408 e. The number of esters is 1. The number of hydrogen-bond donors (Lipinski definition) is 2. The molecule has 0 unspecified atom stereocenters. The van der Waals surface area contributed by atoms with Gasteiger partial charge < -0.3 is 25.0 Å². The maximum absolute atomic E-state index is 13.2. The summed E-state index contributed by atoms with van der Waals surface area (Å²) in [5, 5.41) is 5.46. The van der Waals surface area contributed by atoms with Crippen LogP contribution in [0.15, 0.2) is 48.5 Å². The number of ether oxygens (including phenoxy) is 2. The quantitative estimate of drug-likeness (QED) is 0.454. The second-order valence-corrected chi connectivity index (χ2v) is 11.8. The topological polar surface area (TPSA) is 114 Å². The smallest absolute Gasteiger partial charge is 0.408 e. The van der Waals surface area contributed by atoms with Crippen LogP contribution in [-0.2, 0) is 25.5 Å². The first kappa shape index (κ1) is 29.7. The highest BCUT2D eigenvalue weighted by molar-refractivity contribution is 5.98. The highest BCUT2D eigenvalue weighted by atomic mass is 16.6. The van der Waals surface area contributed by atoms with Gasteiger partial charge in [-0.05, 0) is 96.3 Å². The van der Waals surface area contributed by atoms with Crippen molar-refractivity contribution in [3.05, 3.63) is 59.7 Å². The van der Waals surface area contributed by atoms with Gasteiger partial charge >= 0.3 is 12.1 Å². The van der Waals surface area contributed by atoms with Crippen molar-refractivity contribution in [1.29, 1.82) is 0 Å². The standard InChI is InChI=1S/C30H39N3O6/c1-29(2,3)38-27(36)21-12-14-22(15-13-21)31-25(34)24(32-28(37)39-30(4,5)6)18-19-8-16-23(17-9-19)33(7)26(35)20-10-11-20/h8-9,12-17,20,24H,10-11,18H2,1-7H3,(H,31,34)(H,32,37)/t24-/m0/s1. The molecule has 0 aromatic heterocycles. The molecule has 2 aromatic carbocycles. The molecule has 2 N–H and O–H groups in total. The third kappa shape index (κ3) is 9.42. The van der Waals surface area contributed by atoms with Gasteiger partial charge in [-0.15, -0.1) is 0 Å². The molecular weight excluding hydrogens is 498 g/mol. The lowest BCUT2D eigenvalue weighted by atomic mass is 10.0. The molecule has 1 fully saturated rings. The van der Waals surface area contributed by atoms with Gasteiger partial charge in [0.1, 0.15) is 17.2 Å². The van der Waals surface area contributed by atoms with Gasteiger partial charge in [0.2, 0.25) is 11.8 Å². The number of nitrogens with zero attached hydrogens (tertiary/aromatic N) is 1. The van der Waals surface area contributed by atoms with Gasteiger partial charge in [0, 0.05) is 30.8 Å². The van der Waals surface area contributed by atoms with Crippen molar-refractivity contribution in [1.82, 2.24) is 5.32 Å². The second-order valence-electron chi connectivity index (χ2n) is 11.8. The van der Waals surface area contributed by atoms with Crippen LogP contribution in [0, 0.1) is 5.92 Å². The molecular formula is C30H39N3O6. The summed E-state index contributed by atoms with van der Waals surface area (Å²) in [5.74, 6) is -0.697. The fourth-order valence-corrected chi connectivity index (χ4v) is 3.74. The summed E-state index contributed by atoms with van der Waals surface area (Å²) in [7, 11) is 1.75. The molecule has 3 rings (SSSR count). The van der Waals surface area contributed by atoms with Gasteiger partial charge in [0.05, 0.1) is 5.56 Å². The molecule has 3 amide bonds. The summed E-state index contributed by atoms with van der Waals surface area (Å²) >= 11 is 0. The fourth-order valence-electron chi connectivity index (χ4n) is 3.74. The number of rotatable bonds is 8. The number of hydrogen-bond acceptors (Lipinski definition) is 6. The lowest BCUT2D eigenvalue weighted by Crippen LogP contribution is -2.47. The van der Waals surface area contributed by atoms with Crippen molar-refractivity contribution >= 4 is 35.3 Å². The van der Waals surface area contributed by atoms with Gasteiger partial charge in [-0.2, -0.15) is 0 Å². The van der Waals surface area contributed by atoms with Crippen LogP contribution in [0.2, 0.25) is 0 Å². The Balaban J connectivity index is 1.71. The van der Waals surface area contributed by atoms with E-state index in [1.807, 2.05) is 24.3 Å². The Morgan fingerprint density at radius 3 is 1.95 bits per heavy atom. The monoisotopic (exact) mass is 537 g/mol. The Morgan fingerprint density at radius 1 is 0.872 bits per heavy atom. The van der Waals surface area contributed by atoms with Crippen molar-refractivity contribution in [2.75, 3.05) is 17.3 Å². The van der Waals surface area contributed by atoms with Crippen molar-refractivity contribution in [3.63, 3.8) is 0 Å². The average Bonchev–Trinajstić information content (AvgIpc) is 3.67. The third-order valence-corrected chi connectivity index (χ3v) is 5.82. The summed E-state index contributed by atoms with van der Waals surface area (Å²) in [6, 6.07) is 12.7. The lowest BCUT2D eigenvalue weighted by molar-refractivity contribution is -0.119. The zero-order valence-corrected chi connectivity index (χ0v) is 23.8. The van der Waals surface area contributed by atoms with E-state index in [4.69, 9.17) is 9.47 Å². The summed E-state index contributed by atoms with van der Waals surface area (Å²) < 4.78 is 10.7. The minimum Gasteiger partial charge on any atom is -0.456 e. The first-order valence-corrected chi connectivity index (χ1v) is 13.1. The number of benzene rings is 2. The van der Waals surface area contributed by atoms with Crippen LogP contribution < -0.4 is 15.5 Å². The van der Waals surface area contributed by atoms with Crippen LogP contribution in [0.4, 0.5) is 16.2 Å². The summed E-state index contributed by atoms with van der Waals surface area (Å²) in [5.41, 5.74) is 1.02. The fraction of sp³-hybridized carbons (Fsp3) is 0.467. The van der Waals surface area contributed by atoms with Gasteiger partial charge in [0.15, 0.2) is 0 Å². The van der Waals surface area contributed by atoms with E-state index in [-0.39, 0.29) is 18.2 Å². The Labute approximate surface area is 230 Å². The molecule has 1 atom stereocenters. The van der Waals surface area contributed by atoms with Crippen LogP contribution in [-0.4, -0.2) is 48.2 Å². The van der Waals surface area contributed by atoms with Gasteiger partial charge in [-0.3, -0.25) is 9.59 Å². The molecule has 2 aromatic rings. The second kappa shape index (κ2) is 11.9. The van der Waals surface area contributed by atoms with E-state index in [0.29, 0.717) is 11.3 Å².